The summed E-state index contributed by atoms with van der Waals surface area (Å²) in [7, 11) is 1.48. The number of hydrogen-bond donors (Lipinski definition) is 0. The Morgan fingerprint density at radius 1 is 1.58 bits per heavy atom. The number of esters is 1. The molecule has 0 amide bonds. The fourth-order valence-electron chi connectivity index (χ4n) is 4.29. The van der Waals surface area contributed by atoms with Crippen LogP contribution in [-0.4, -0.2) is 13.1 Å². The summed E-state index contributed by atoms with van der Waals surface area (Å²) in [6, 6.07) is 1.97. The fraction of sp³-hybridized carbons (Fsp3) is 0.562. The zero-order valence-electron chi connectivity index (χ0n) is 11.8. The van der Waals surface area contributed by atoms with Gasteiger partial charge in [-0.25, -0.2) is 0 Å². The molecule has 0 radical (unpaired) electrons. The Morgan fingerprint density at radius 2 is 2.32 bits per heavy atom. The highest BCUT2D eigenvalue weighted by Crippen LogP contribution is 2.66. The maximum Gasteiger partial charge on any atom is 0.313 e. The van der Waals surface area contributed by atoms with E-state index in [1.54, 1.807) is 6.26 Å². The molecule has 1 heterocycles. The molecular weight excluding hydrogens is 240 g/mol. The number of carbonyl (C=O) groups is 1. The first kappa shape index (κ1) is 12.5. The molecule has 3 nitrogen and oxygen atoms in total. The Balaban J connectivity index is 2.24. The highest BCUT2D eigenvalue weighted by Gasteiger charge is 2.65. The maximum atomic E-state index is 12.6. The van der Waals surface area contributed by atoms with Gasteiger partial charge in [-0.2, -0.15) is 0 Å². The first-order chi connectivity index (χ1) is 8.97. The minimum Gasteiger partial charge on any atom is -0.469 e. The zero-order valence-corrected chi connectivity index (χ0v) is 11.8. The lowest BCUT2D eigenvalue weighted by atomic mass is 9.54. The van der Waals surface area contributed by atoms with Crippen LogP contribution in [0.3, 0.4) is 0 Å². The smallest absolute Gasteiger partial charge is 0.313 e. The normalized spacial score (nSPS) is 36.8. The Hall–Kier alpha value is -1.51. The lowest BCUT2D eigenvalue weighted by Crippen LogP contribution is -2.50. The lowest BCUT2D eigenvalue weighted by Gasteiger charge is -2.47. The fourth-order valence-corrected chi connectivity index (χ4v) is 4.29. The van der Waals surface area contributed by atoms with E-state index in [9.17, 15) is 4.79 Å². The van der Waals surface area contributed by atoms with Gasteiger partial charge in [-0.3, -0.25) is 4.79 Å². The van der Waals surface area contributed by atoms with E-state index in [0.717, 1.165) is 29.7 Å². The highest BCUT2D eigenvalue weighted by atomic mass is 16.5. The van der Waals surface area contributed by atoms with Crippen molar-refractivity contribution >= 4 is 11.5 Å². The van der Waals surface area contributed by atoms with Crippen LogP contribution in [0, 0.1) is 16.7 Å². The van der Waals surface area contributed by atoms with Crippen LogP contribution in [0.15, 0.2) is 23.3 Å². The summed E-state index contributed by atoms with van der Waals surface area (Å²) in [5.74, 6) is 1.03. The predicted octanol–water partition coefficient (Wildman–Crippen LogP) is 3.44. The Kier molecular flexibility index (Phi) is 2.47. The summed E-state index contributed by atoms with van der Waals surface area (Å²) < 4.78 is 10.7. The van der Waals surface area contributed by atoms with Crippen LogP contribution in [0.2, 0.25) is 0 Å². The van der Waals surface area contributed by atoms with E-state index in [1.165, 1.54) is 7.11 Å². The summed E-state index contributed by atoms with van der Waals surface area (Å²) in [6.45, 7) is 8.57. The van der Waals surface area contributed by atoms with Gasteiger partial charge < -0.3 is 9.15 Å². The van der Waals surface area contributed by atoms with Crippen LogP contribution in [0.25, 0.3) is 5.57 Å². The van der Waals surface area contributed by atoms with Crippen molar-refractivity contribution in [3.05, 3.63) is 30.2 Å². The van der Waals surface area contributed by atoms with Crippen molar-refractivity contribution in [1.29, 1.82) is 0 Å². The molecule has 0 saturated heterocycles. The maximum absolute atomic E-state index is 12.6. The molecule has 3 rings (SSSR count). The van der Waals surface area contributed by atoms with E-state index in [2.05, 4.69) is 20.4 Å². The SMILES string of the molecule is C=C1c2ccoc2CC2(C(=O)OC)C(C)CCC12C. The van der Waals surface area contributed by atoms with Gasteiger partial charge in [-0.15, -0.1) is 0 Å². The van der Waals surface area contributed by atoms with Gasteiger partial charge >= 0.3 is 5.97 Å². The van der Waals surface area contributed by atoms with Crippen LogP contribution >= 0.6 is 0 Å². The molecule has 2 aliphatic carbocycles. The van der Waals surface area contributed by atoms with Gasteiger partial charge in [0.1, 0.15) is 5.76 Å². The second-order valence-electron chi connectivity index (χ2n) is 6.15. The van der Waals surface area contributed by atoms with Crippen molar-refractivity contribution in [3.63, 3.8) is 0 Å². The van der Waals surface area contributed by atoms with Crippen molar-refractivity contribution in [3.8, 4) is 0 Å². The molecule has 1 saturated carbocycles. The molecule has 0 N–H and O–H groups in total. The van der Waals surface area contributed by atoms with E-state index in [1.807, 2.05) is 6.07 Å². The van der Waals surface area contributed by atoms with Gasteiger partial charge in [0.15, 0.2) is 0 Å². The predicted molar refractivity (Wildman–Crippen MR) is 72.4 cm³/mol. The summed E-state index contributed by atoms with van der Waals surface area (Å²) in [5, 5.41) is 0. The summed E-state index contributed by atoms with van der Waals surface area (Å²) in [5.41, 5.74) is 1.36. The Morgan fingerprint density at radius 3 is 3.00 bits per heavy atom. The lowest BCUT2D eigenvalue weighted by molar-refractivity contribution is -0.161. The molecule has 0 spiro atoms. The van der Waals surface area contributed by atoms with Gasteiger partial charge in [-0.1, -0.05) is 20.4 Å². The summed E-state index contributed by atoms with van der Waals surface area (Å²) >= 11 is 0. The second kappa shape index (κ2) is 3.75. The number of methoxy groups -OCH3 is 1. The van der Waals surface area contributed by atoms with Gasteiger partial charge in [0, 0.05) is 17.4 Å². The zero-order chi connectivity index (χ0) is 13.8. The number of allylic oxidation sites excluding steroid dienone is 1. The third-order valence-corrected chi connectivity index (χ3v) is 5.63. The van der Waals surface area contributed by atoms with Crippen molar-refractivity contribution < 1.29 is 13.9 Å². The molecule has 102 valence electrons. The van der Waals surface area contributed by atoms with Crippen LogP contribution < -0.4 is 0 Å². The summed E-state index contributed by atoms with van der Waals surface area (Å²) in [4.78, 5) is 12.6. The van der Waals surface area contributed by atoms with Gasteiger partial charge in [0.25, 0.3) is 0 Å². The molecule has 0 aromatic carbocycles. The molecule has 1 fully saturated rings. The number of hydrogen-bond acceptors (Lipinski definition) is 3. The highest BCUT2D eigenvalue weighted by molar-refractivity contribution is 5.87. The van der Waals surface area contributed by atoms with E-state index in [4.69, 9.17) is 9.15 Å². The topological polar surface area (TPSA) is 39.4 Å². The monoisotopic (exact) mass is 260 g/mol. The van der Waals surface area contributed by atoms with Crippen molar-refractivity contribution in [2.45, 2.75) is 33.1 Å². The molecule has 1 aromatic rings. The van der Waals surface area contributed by atoms with E-state index < -0.39 is 5.41 Å². The first-order valence-electron chi connectivity index (χ1n) is 6.82. The molecule has 2 aliphatic rings. The van der Waals surface area contributed by atoms with Crippen molar-refractivity contribution in [1.82, 2.24) is 0 Å². The molecule has 3 atom stereocenters. The molecule has 0 bridgehead atoms. The van der Waals surface area contributed by atoms with E-state index >= 15 is 0 Å². The number of carbonyl (C=O) groups excluding carboxylic acids is 1. The van der Waals surface area contributed by atoms with Crippen LogP contribution in [0.1, 0.15) is 38.0 Å². The van der Waals surface area contributed by atoms with Crippen molar-refractivity contribution in [2.24, 2.45) is 16.7 Å². The quantitative estimate of drug-likeness (QED) is 0.726. The first-order valence-corrected chi connectivity index (χ1v) is 6.82. The summed E-state index contributed by atoms with van der Waals surface area (Å²) in [6.07, 6.45) is 4.32. The standard InChI is InChI=1S/C16H20O3/c1-10-5-7-15(3)11(2)12-6-8-19-13(12)9-16(10,15)14(17)18-4/h6,8,10H,2,5,7,9H2,1,3-4H3. The van der Waals surface area contributed by atoms with Crippen molar-refractivity contribution in [2.75, 3.05) is 7.11 Å². The van der Waals surface area contributed by atoms with Gasteiger partial charge in [0.05, 0.1) is 18.8 Å². The second-order valence-corrected chi connectivity index (χ2v) is 6.15. The number of furan rings is 1. The van der Waals surface area contributed by atoms with E-state index in [-0.39, 0.29) is 17.3 Å². The van der Waals surface area contributed by atoms with Crippen LogP contribution in [0.4, 0.5) is 0 Å². The number of ether oxygens (including phenoxy) is 1. The Labute approximate surface area is 113 Å². The number of rotatable bonds is 1. The minimum absolute atomic E-state index is 0.122. The van der Waals surface area contributed by atoms with Gasteiger partial charge in [-0.05, 0) is 30.4 Å². The third-order valence-electron chi connectivity index (χ3n) is 5.63. The number of fused-ring (bicyclic) bond motifs is 2. The van der Waals surface area contributed by atoms with Crippen LogP contribution in [-0.2, 0) is 16.0 Å². The van der Waals surface area contributed by atoms with Gasteiger partial charge in [0.2, 0.25) is 0 Å². The molecule has 3 heteroatoms. The Bertz CT molecular complexity index is 556. The largest absolute Gasteiger partial charge is 0.469 e. The minimum atomic E-state index is -0.524. The molecule has 0 aliphatic heterocycles. The third kappa shape index (κ3) is 1.26. The average molecular weight is 260 g/mol. The molecule has 3 unspecified atom stereocenters. The van der Waals surface area contributed by atoms with E-state index in [0.29, 0.717) is 6.42 Å². The molecule has 19 heavy (non-hydrogen) atoms. The van der Waals surface area contributed by atoms with Crippen LogP contribution in [0.5, 0.6) is 0 Å². The molecular formula is C16H20O3. The molecule has 1 aromatic heterocycles. The average Bonchev–Trinajstić information content (AvgIpc) is 2.96.